The van der Waals surface area contributed by atoms with Crippen LogP contribution in [0.1, 0.15) is 33.0 Å². The predicted molar refractivity (Wildman–Crippen MR) is 109 cm³/mol. The van der Waals surface area contributed by atoms with E-state index in [4.69, 9.17) is 0 Å². The van der Waals surface area contributed by atoms with E-state index in [2.05, 4.69) is 41.4 Å². The van der Waals surface area contributed by atoms with Gasteiger partial charge in [0.05, 0.1) is 11.0 Å². The number of amides is 1. The van der Waals surface area contributed by atoms with E-state index in [1.54, 1.807) is 0 Å². The Balaban J connectivity index is 1.59. The van der Waals surface area contributed by atoms with E-state index in [0.717, 1.165) is 17.2 Å². The Bertz CT molecular complexity index is 1300. The van der Waals surface area contributed by atoms with Crippen molar-refractivity contribution in [3.05, 3.63) is 69.3 Å². The lowest BCUT2D eigenvalue weighted by Gasteiger charge is -2.09. The molecule has 0 saturated heterocycles. The molecule has 0 aliphatic heterocycles. The fourth-order valence-corrected chi connectivity index (χ4v) is 3.56. The van der Waals surface area contributed by atoms with Gasteiger partial charge >= 0.3 is 6.18 Å². The molecule has 4 aromatic rings. The molecule has 12 heteroatoms. The van der Waals surface area contributed by atoms with Crippen LogP contribution in [-0.2, 0) is 12.7 Å². The molecular formula is C19H15BrF3N7O. The second-order valence-corrected chi connectivity index (χ2v) is 7.68. The number of hydrogen-bond acceptors (Lipinski definition) is 5. The lowest BCUT2D eigenvalue weighted by Crippen LogP contribution is -2.16. The van der Waals surface area contributed by atoms with Gasteiger partial charge in [-0.1, -0.05) is 29.8 Å². The van der Waals surface area contributed by atoms with Crippen molar-refractivity contribution < 1.29 is 18.0 Å². The summed E-state index contributed by atoms with van der Waals surface area (Å²) in [5, 5.41) is 10.4. The topological polar surface area (TPSA) is 90.0 Å². The number of fused-ring (bicyclic) bond motifs is 1. The van der Waals surface area contributed by atoms with Crippen LogP contribution in [0.25, 0.3) is 5.65 Å². The third-order valence-corrected chi connectivity index (χ3v) is 5.09. The Kier molecular flexibility index (Phi) is 5.25. The molecule has 0 fully saturated rings. The number of rotatable bonds is 4. The number of hydrogen-bond donors (Lipinski definition) is 1. The number of carbonyl (C=O) groups is 1. The molecule has 0 unspecified atom stereocenters. The third kappa shape index (κ3) is 4.29. The van der Waals surface area contributed by atoms with Gasteiger partial charge in [0.25, 0.3) is 5.91 Å². The minimum atomic E-state index is -4.67. The average molecular weight is 494 g/mol. The summed E-state index contributed by atoms with van der Waals surface area (Å²) in [4.78, 5) is 20.7. The first kappa shape index (κ1) is 21.0. The Morgan fingerprint density at radius 1 is 1.19 bits per heavy atom. The first-order valence-electron chi connectivity index (χ1n) is 9.01. The van der Waals surface area contributed by atoms with Crippen molar-refractivity contribution in [1.29, 1.82) is 0 Å². The Labute approximate surface area is 182 Å². The van der Waals surface area contributed by atoms with Gasteiger partial charge in [0, 0.05) is 5.69 Å². The summed E-state index contributed by atoms with van der Waals surface area (Å²) in [7, 11) is 0. The molecule has 1 N–H and O–H groups in total. The van der Waals surface area contributed by atoms with Crippen LogP contribution in [0.15, 0.2) is 41.1 Å². The summed E-state index contributed by atoms with van der Waals surface area (Å²) < 4.78 is 42.3. The monoisotopic (exact) mass is 493 g/mol. The lowest BCUT2D eigenvalue weighted by atomic mass is 10.1. The number of anilines is 1. The molecule has 0 aliphatic rings. The zero-order valence-electron chi connectivity index (χ0n) is 16.3. The maximum Gasteiger partial charge on any atom is 0.433 e. The number of nitrogens with one attached hydrogen (secondary N) is 1. The van der Waals surface area contributed by atoms with Crippen LogP contribution in [0.2, 0.25) is 0 Å². The number of halogens is 4. The molecule has 0 spiro atoms. The zero-order valence-corrected chi connectivity index (χ0v) is 17.9. The number of aromatic nitrogens is 6. The maximum absolute atomic E-state index is 13.4. The largest absolute Gasteiger partial charge is 0.433 e. The third-order valence-electron chi connectivity index (χ3n) is 4.36. The van der Waals surface area contributed by atoms with E-state index in [1.165, 1.54) is 17.9 Å². The molecule has 8 nitrogen and oxygen atoms in total. The SMILES string of the molecule is Cc1cccc(Cn2cnc(NC(=O)c3nn4c(C(F)(F)F)cc(C)nc4c3Br)n2)c1. The molecule has 0 aliphatic carbocycles. The van der Waals surface area contributed by atoms with E-state index in [0.29, 0.717) is 11.1 Å². The van der Waals surface area contributed by atoms with Crippen molar-refractivity contribution in [1.82, 2.24) is 29.4 Å². The molecule has 3 aromatic heterocycles. The fourth-order valence-electron chi connectivity index (χ4n) is 3.05. The molecule has 0 radical (unpaired) electrons. The van der Waals surface area contributed by atoms with Crippen LogP contribution in [0, 0.1) is 13.8 Å². The van der Waals surface area contributed by atoms with Crippen molar-refractivity contribution in [2.45, 2.75) is 26.6 Å². The van der Waals surface area contributed by atoms with E-state index in [-0.39, 0.29) is 27.5 Å². The van der Waals surface area contributed by atoms with E-state index in [9.17, 15) is 18.0 Å². The van der Waals surface area contributed by atoms with Crippen LogP contribution in [-0.4, -0.2) is 35.3 Å². The predicted octanol–water partition coefficient (Wildman–Crippen LogP) is 4.02. The Morgan fingerprint density at radius 2 is 1.97 bits per heavy atom. The van der Waals surface area contributed by atoms with Crippen molar-refractivity contribution in [2.24, 2.45) is 0 Å². The van der Waals surface area contributed by atoms with Gasteiger partial charge in [-0.15, -0.1) is 5.10 Å². The number of benzene rings is 1. The van der Waals surface area contributed by atoms with Crippen molar-refractivity contribution in [3.63, 3.8) is 0 Å². The first-order chi connectivity index (χ1) is 14.6. The number of alkyl halides is 3. The van der Waals surface area contributed by atoms with Crippen LogP contribution in [0.4, 0.5) is 19.1 Å². The Hall–Kier alpha value is -3.28. The average Bonchev–Trinajstić information content (AvgIpc) is 3.25. The van der Waals surface area contributed by atoms with Gasteiger partial charge in [-0.25, -0.2) is 19.2 Å². The van der Waals surface area contributed by atoms with Gasteiger partial charge in [0.15, 0.2) is 11.3 Å². The zero-order chi connectivity index (χ0) is 22.3. The van der Waals surface area contributed by atoms with Gasteiger partial charge in [-0.2, -0.15) is 18.3 Å². The highest BCUT2D eigenvalue weighted by Gasteiger charge is 2.36. The van der Waals surface area contributed by atoms with Gasteiger partial charge in [-0.3, -0.25) is 10.1 Å². The molecule has 160 valence electrons. The van der Waals surface area contributed by atoms with Crippen LogP contribution in [0.3, 0.4) is 0 Å². The van der Waals surface area contributed by atoms with Crippen LogP contribution >= 0.6 is 15.9 Å². The highest BCUT2D eigenvalue weighted by molar-refractivity contribution is 9.10. The van der Waals surface area contributed by atoms with Gasteiger partial charge in [-0.05, 0) is 41.4 Å². The molecule has 31 heavy (non-hydrogen) atoms. The number of carbonyl (C=O) groups excluding carboxylic acids is 1. The molecule has 0 bridgehead atoms. The molecule has 0 atom stereocenters. The van der Waals surface area contributed by atoms with Crippen molar-refractivity contribution in [2.75, 3.05) is 5.32 Å². The standard InChI is InChI=1S/C19H15BrF3N7O/c1-10-4-3-5-12(6-10)8-29-9-24-18(28-29)26-17(31)15-14(20)16-25-11(2)7-13(19(21,22)23)30(16)27-15/h3-7,9H,8H2,1-2H3,(H,26,28,31). The van der Waals surface area contributed by atoms with Crippen LogP contribution < -0.4 is 5.32 Å². The minimum absolute atomic E-state index is 0.00166. The normalized spacial score (nSPS) is 11.8. The number of aryl methyl sites for hydroxylation is 2. The van der Waals surface area contributed by atoms with Gasteiger partial charge < -0.3 is 0 Å². The van der Waals surface area contributed by atoms with Crippen LogP contribution in [0.5, 0.6) is 0 Å². The quantitative estimate of drug-likeness (QED) is 0.463. The molecule has 1 aromatic carbocycles. The lowest BCUT2D eigenvalue weighted by molar-refractivity contribution is -0.142. The number of nitrogens with zero attached hydrogens (tertiary/aromatic N) is 6. The summed E-state index contributed by atoms with van der Waals surface area (Å²) in [5.41, 5.74) is 0.838. The Morgan fingerprint density at radius 3 is 2.68 bits per heavy atom. The maximum atomic E-state index is 13.4. The smallest absolute Gasteiger partial charge is 0.288 e. The summed E-state index contributed by atoms with van der Waals surface area (Å²) in [6.45, 7) is 3.85. The van der Waals surface area contributed by atoms with E-state index in [1.807, 2.05) is 31.2 Å². The minimum Gasteiger partial charge on any atom is -0.288 e. The molecule has 0 saturated carbocycles. The highest BCUT2D eigenvalue weighted by Crippen LogP contribution is 2.32. The van der Waals surface area contributed by atoms with Crippen molar-refractivity contribution >= 4 is 33.4 Å². The summed E-state index contributed by atoms with van der Waals surface area (Å²) in [5.74, 6) is -0.766. The second-order valence-electron chi connectivity index (χ2n) is 6.89. The van der Waals surface area contributed by atoms with Crippen molar-refractivity contribution in [3.8, 4) is 0 Å². The van der Waals surface area contributed by atoms with Gasteiger partial charge in [0.1, 0.15) is 12.0 Å². The molecule has 1 amide bonds. The van der Waals surface area contributed by atoms with Gasteiger partial charge in [0.2, 0.25) is 5.95 Å². The second kappa shape index (κ2) is 7.76. The molecular weight excluding hydrogens is 479 g/mol. The summed E-state index contributed by atoms with van der Waals surface area (Å²) in [6, 6.07) is 8.71. The van der Waals surface area contributed by atoms with E-state index < -0.39 is 17.8 Å². The summed E-state index contributed by atoms with van der Waals surface area (Å²) in [6.07, 6.45) is -3.22. The summed E-state index contributed by atoms with van der Waals surface area (Å²) >= 11 is 3.14. The fraction of sp³-hybridized carbons (Fsp3) is 0.211. The highest BCUT2D eigenvalue weighted by atomic mass is 79.9. The van der Waals surface area contributed by atoms with E-state index >= 15 is 0 Å². The first-order valence-corrected chi connectivity index (χ1v) is 9.80. The molecule has 3 heterocycles. The molecule has 4 rings (SSSR count).